The second-order valence-corrected chi connectivity index (χ2v) is 4.17. The van der Waals surface area contributed by atoms with Gasteiger partial charge in [0.15, 0.2) is 0 Å². The molecule has 11 heavy (non-hydrogen) atoms. The smallest absolute Gasteiger partial charge is 0.0490 e. The highest BCUT2D eigenvalue weighted by atomic mass is 16.3. The van der Waals surface area contributed by atoms with Gasteiger partial charge in [0, 0.05) is 13.2 Å². The molecule has 0 saturated heterocycles. The van der Waals surface area contributed by atoms with Gasteiger partial charge in [0.25, 0.3) is 0 Å². The van der Waals surface area contributed by atoms with Crippen molar-refractivity contribution in [1.29, 1.82) is 0 Å². The van der Waals surface area contributed by atoms with Gasteiger partial charge in [0.05, 0.1) is 0 Å². The predicted octanol–water partition coefficient (Wildman–Crippen LogP) is 0.777. The standard InChI is InChI=1S/C9H16O2/c10-5-7-2-1-3-9(6-11)4-8(7)9/h7-8,10-11H,1-6H2. The Morgan fingerprint density at radius 3 is 2.82 bits per heavy atom. The summed E-state index contributed by atoms with van der Waals surface area (Å²) in [4.78, 5) is 0. The lowest BCUT2D eigenvalue weighted by Gasteiger charge is -2.25. The van der Waals surface area contributed by atoms with Crippen molar-refractivity contribution >= 4 is 0 Å². The van der Waals surface area contributed by atoms with Crippen LogP contribution >= 0.6 is 0 Å². The van der Waals surface area contributed by atoms with Gasteiger partial charge in [-0.2, -0.15) is 0 Å². The van der Waals surface area contributed by atoms with Gasteiger partial charge in [0.1, 0.15) is 0 Å². The van der Waals surface area contributed by atoms with E-state index in [2.05, 4.69) is 0 Å². The fourth-order valence-corrected chi connectivity index (χ4v) is 2.73. The van der Waals surface area contributed by atoms with Gasteiger partial charge in [-0.1, -0.05) is 6.42 Å². The van der Waals surface area contributed by atoms with Crippen molar-refractivity contribution in [2.45, 2.75) is 25.7 Å². The summed E-state index contributed by atoms with van der Waals surface area (Å²) in [7, 11) is 0. The lowest BCUT2D eigenvalue weighted by atomic mass is 9.82. The topological polar surface area (TPSA) is 40.5 Å². The zero-order valence-corrected chi connectivity index (χ0v) is 6.79. The van der Waals surface area contributed by atoms with Crippen molar-refractivity contribution in [2.75, 3.05) is 13.2 Å². The summed E-state index contributed by atoms with van der Waals surface area (Å²) in [5, 5.41) is 18.1. The minimum Gasteiger partial charge on any atom is -0.396 e. The minimum absolute atomic E-state index is 0.256. The van der Waals surface area contributed by atoms with Crippen molar-refractivity contribution in [3.8, 4) is 0 Å². The van der Waals surface area contributed by atoms with E-state index < -0.39 is 0 Å². The van der Waals surface area contributed by atoms with Crippen LogP contribution in [0.2, 0.25) is 0 Å². The molecular weight excluding hydrogens is 140 g/mol. The summed E-state index contributed by atoms with van der Waals surface area (Å²) in [5.41, 5.74) is 0.256. The van der Waals surface area contributed by atoms with E-state index >= 15 is 0 Å². The molecule has 0 spiro atoms. The molecule has 3 unspecified atom stereocenters. The summed E-state index contributed by atoms with van der Waals surface area (Å²) in [6.07, 6.45) is 4.71. The fourth-order valence-electron chi connectivity index (χ4n) is 2.73. The first-order valence-corrected chi connectivity index (χ1v) is 4.54. The van der Waals surface area contributed by atoms with Crippen LogP contribution in [0.5, 0.6) is 0 Å². The Hall–Kier alpha value is -0.0800. The Labute approximate surface area is 67.2 Å². The van der Waals surface area contributed by atoms with Crippen LogP contribution in [0.25, 0.3) is 0 Å². The molecule has 0 amide bonds. The van der Waals surface area contributed by atoms with E-state index in [-0.39, 0.29) is 5.41 Å². The summed E-state index contributed by atoms with van der Waals surface area (Å²) >= 11 is 0. The van der Waals surface area contributed by atoms with Crippen LogP contribution in [0.3, 0.4) is 0 Å². The summed E-state index contributed by atoms with van der Waals surface area (Å²) in [5.74, 6) is 1.14. The molecule has 2 aliphatic carbocycles. The molecule has 0 heterocycles. The maximum atomic E-state index is 9.12. The van der Waals surface area contributed by atoms with Gasteiger partial charge in [0.2, 0.25) is 0 Å². The van der Waals surface area contributed by atoms with E-state index in [1.54, 1.807) is 0 Å². The predicted molar refractivity (Wildman–Crippen MR) is 42.1 cm³/mol. The molecule has 2 N–H and O–H groups in total. The van der Waals surface area contributed by atoms with Crippen molar-refractivity contribution in [1.82, 2.24) is 0 Å². The molecule has 0 aromatic rings. The highest BCUT2D eigenvalue weighted by molar-refractivity contribution is 5.06. The number of rotatable bonds is 2. The van der Waals surface area contributed by atoms with Gasteiger partial charge in [-0.15, -0.1) is 0 Å². The number of hydrogen-bond acceptors (Lipinski definition) is 2. The lowest BCUT2D eigenvalue weighted by molar-refractivity contribution is 0.113. The van der Waals surface area contributed by atoms with Gasteiger partial charge in [-0.25, -0.2) is 0 Å². The van der Waals surface area contributed by atoms with Crippen molar-refractivity contribution in [3.63, 3.8) is 0 Å². The number of fused-ring (bicyclic) bond motifs is 1. The molecular formula is C9H16O2. The van der Waals surface area contributed by atoms with E-state index in [1.807, 2.05) is 0 Å². The highest BCUT2D eigenvalue weighted by Gasteiger charge is 2.57. The second kappa shape index (κ2) is 2.46. The van der Waals surface area contributed by atoms with Gasteiger partial charge >= 0.3 is 0 Å². The van der Waals surface area contributed by atoms with Crippen LogP contribution in [0.15, 0.2) is 0 Å². The molecule has 2 saturated carbocycles. The summed E-state index contributed by atoms with van der Waals surface area (Å²) < 4.78 is 0. The molecule has 2 aliphatic rings. The zero-order chi connectivity index (χ0) is 7.90. The summed E-state index contributed by atoms with van der Waals surface area (Å²) in [6, 6.07) is 0. The van der Waals surface area contributed by atoms with Crippen LogP contribution in [0.4, 0.5) is 0 Å². The average molecular weight is 156 g/mol. The molecule has 64 valence electrons. The van der Waals surface area contributed by atoms with Crippen LogP contribution in [-0.2, 0) is 0 Å². The number of hydrogen-bond donors (Lipinski definition) is 2. The Bertz CT molecular complexity index is 158. The first kappa shape index (κ1) is 7.56. The monoisotopic (exact) mass is 156 g/mol. The quantitative estimate of drug-likeness (QED) is 0.620. The van der Waals surface area contributed by atoms with Crippen molar-refractivity contribution in [3.05, 3.63) is 0 Å². The zero-order valence-electron chi connectivity index (χ0n) is 6.79. The third-order valence-corrected chi connectivity index (χ3v) is 3.62. The lowest BCUT2D eigenvalue weighted by Crippen LogP contribution is -2.22. The largest absolute Gasteiger partial charge is 0.396 e. The molecule has 0 aromatic carbocycles. The molecule has 0 aromatic heterocycles. The molecule has 2 heteroatoms. The second-order valence-electron chi connectivity index (χ2n) is 4.17. The summed E-state index contributed by atoms with van der Waals surface area (Å²) in [6.45, 7) is 0.667. The molecule has 2 fully saturated rings. The Morgan fingerprint density at radius 2 is 2.18 bits per heavy atom. The van der Waals surface area contributed by atoms with Crippen LogP contribution < -0.4 is 0 Å². The highest BCUT2D eigenvalue weighted by Crippen LogP contribution is 2.63. The minimum atomic E-state index is 0.256. The third kappa shape index (κ3) is 1.00. The SMILES string of the molecule is OCC1CCCC2(CO)CC12. The number of aliphatic hydroxyl groups is 2. The van der Waals surface area contributed by atoms with Crippen molar-refractivity contribution in [2.24, 2.45) is 17.3 Å². The Morgan fingerprint density at radius 1 is 1.36 bits per heavy atom. The van der Waals surface area contributed by atoms with Crippen molar-refractivity contribution < 1.29 is 10.2 Å². The maximum Gasteiger partial charge on any atom is 0.0490 e. The van der Waals surface area contributed by atoms with Gasteiger partial charge in [-0.3, -0.25) is 0 Å². The normalized spacial score (nSPS) is 48.5. The first-order valence-electron chi connectivity index (χ1n) is 4.54. The van der Waals surface area contributed by atoms with Gasteiger partial charge < -0.3 is 10.2 Å². The van der Waals surface area contributed by atoms with E-state index in [0.717, 1.165) is 6.42 Å². The number of aliphatic hydroxyl groups excluding tert-OH is 2. The fraction of sp³-hybridized carbons (Fsp3) is 1.00. The molecule has 0 radical (unpaired) electrons. The Kier molecular flexibility index (Phi) is 1.69. The van der Waals surface area contributed by atoms with E-state index in [4.69, 9.17) is 10.2 Å². The Balaban J connectivity index is 2.01. The third-order valence-electron chi connectivity index (χ3n) is 3.62. The molecule has 3 atom stereocenters. The van der Waals surface area contributed by atoms with Gasteiger partial charge in [-0.05, 0) is 36.5 Å². The van der Waals surface area contributed by atoms with E-state index in [9.17, 15) is 0 Å². The van der Waals surface area contributed by atoms with Crippen LogP contribution in [-0.4, -0.2) is 23.4 Å². The molecule has 0 bridgehead atoms. The molecule has 0 aliphatic heterocycles. The van der Waals surface area contributed by atoms with E-state index in [0.29, 0.717) is 25.0 Å². The molecule has 2 rings (SSSR count). The maximum absolute atomic E-state index is 9.12. The van der Waals surface area contributed by atoms with E-state index in [1.165, 1.54) is 19.3 Å². The van der Waals surface area contributed by atoms with Crippen LogP contribution in [0, 0.1) is 17.3 Å². The first-order chi connectivity index (χ1) is 5.32. The van der Waals surface area contributed by atoms with Crippen LogP contribution in [0.1, 0.15) is 25.7 Å². The average Bonchev–Trinajstić information content (AvgIpc) is 2.78. The molecule has 2 nitrogen and oxygen atoms in total.